The Morgan fingerprint density at radius 3 is 2.76 bits per heavy atom. The number of aromatic nitrogens is 2. The van der Waals surface area contributed by atoms with Crippen LogP contribution in [0.25, 0.3) is 10.9 Å². The zero-order valence-electron chi connectivity index (χ0n) is 15.4. The number of nitrogens with one attached hydrogen (secondary N) is 2. The van der Waals surface area contributed by atoms with Crippen molar-refractivity contribution in [2.45, 2.75) is 31.2 Å². The van der Waals surface area contributed by atoms with Crippen LogP contribution in [0.4, 0.5) is 8.78 Å². The van der Waals surface area contributed by atoms with E-state index in [-0.39, 0.29) is 16.5 Å². The van der Waals surface area contributed by atoms with Crippen LogP contribution in [0.15, 0.2) is 41.3 Å². The minimum atomic E-state index is -1.10. The monoisotopic (exact) mass is 394 g/mol. The van der Waals surface area contributed by atoms with Gasteiger partial charge in [0.25, 0.3) is 5.56 Å². The molecule has 0 aliphatic heterocycles. The van der Waals surface area contributed by atoms with Crippen LogP contribution in [0.3, 0.4) is 0 Å². The average molecular weight is 394 g/mol. The molecule has 1 fully saturated rings. The fourth-order valence-electron chi connectivity index (χ4n) is 3.48. The zero-order valence-corrected chi connectivity index (χ0v) is 15.4. The SMILES string of the molecule is CC(NC(=O)C1(c2cc3c(F)c(F)ccc3[nH]c2=O)CC1)c1cc(C#N)ccn1. The van der Waals surface area contributed by atoms with Gasteiger partial charge in [-0.1, -0.05) is 0 Å². The maximum Gasteiger partial charge on any atom is 0.252 e. The minimum Gasteiger partial charge on any atom is -0.347 e. The number of hydrogen-bond donors (Lipinski definition) is 2. The van der Waals surface area contributed by atoms with Crippen LogP contribution in [0.5, 0.6) is 0 Å². The van der Waals surface area contributed by atoms with Crippen molar-refractivity contribution < 1.29 is 13.6 Å². The maximum absolute atomic E-state index is 14.2. The molecular weight excluding hydrogens is 378 g/mol. The summed E-state index contributed by atoms with van der Waals surface area (Å²) in [6.07, 6.45) is 2.32. The number of aromatic amines is 1. The molecule has 0 saturated heterocycles. The number of rotatable bonds is 4. The third-order valence-corrected chi connectivity index (χ3v) is 5.32. The van der Waals surface area contributed by atoms with Crippen molar-refractivity contribution in [3.05, 3.63) is 75.3 Å². The molecule has 4 rings (SSSR count). The molecule has 0 spiro atoms. The highest BCUT2D eigenvalue weighted by Gasteiger charge is 2.53. The number of H-pyrrole nitrogens is 1. The van der Waals surface area contributed by atoms with Crippen molar-refractivity contribution >= 4 is 16.8 Å². The summed E-state index contributed by atoms with van der Waals surface area (Å²) in [4.78, 5) is 32.2. The summed E-state index contributed by atoms with van der Waals surface area (Å²) in [5.74, 6) is -2.49. The molecule has 0 radical (unpaired) electrons. The Morgan fingerprint density at radius 2 is 2.07 bits per heavy atom. The van der Waals surface area contributed by atoms with Crippen LogP contribution in [0, 0.1) is 23.0 Å². The third-order valence-electron chi connectivity index (χ3n) is 5.32. The molecule has 0 bridgehead atoms. The summed E-state index contributed by atoms with van der Waals surface area (Å²) in [6.45, 7) is 1.72. The van der Waals surface area contributed by atoms with Crippen molar-refractivity contribution in [3.63, 3.8) is 0 Å². The van der Waals surface area contributed by atoms with Gasteiger partial charge >= 0.3 is 0 Å². The summed E-state index contributed by atoms with van der Waals surface area (Å²) in [7, 11) is 0. The first-order valence-corrected chi connectivity index (χ1v) is 9.04. The summed E-state index contributed by atoms with van der Waals surface area (Å²) >= 11 is 0. The van der Waals surface area contributed by atoms with Crippen molar-refractivity contribution in [3.8, 4) is 6.07 Å². The van der Waals surface area contributed by atoms with Gasteiger partial charge in [-0.05, 0) is 50.1 Å². The van der Waals surface area contributed by atoms with E-state index in [0.717, 1.165) is 6.07 Å². The number of halogens is 2. The van der Waals surface area contributed by atoms with E-state index in [1.807, 2.05) is 6.07 Å². The highest BCUT2D eigenvalue weighted by atomic mass is 19.2. The van der Waals surface area contributed by atoms with Gasteiger partial charge in [0.05, 0.1) is 34.3 Å². The lowest BCUT2D eigenvalue weighted by Crippen LogP contribution is -2.39. The number of benzene rings is 1. The summed E-state index contributed by atoms with van der Waals surface area (Å²) < 4.78 is 27.8. The molecule has 8 heteroatoms. The second kappa shape index (κ2) is 6.78. The van der Waals surface area contributed by atoms with Crippen LogP contribution in [0.1, 0.15) is 42.6 Å². The first kappa shape index (κ1) is 18.7. The van der Waals surface area contributed by atoms with Gasteiger partial charge in [-0.15, -0.1) is 0 Å². The van der Waals surface area contributed by atoms with Crippen LogP contribution in [-0.2, 0) is 10.2 Å². The normalized spacial score (nSPS) is 15.5. The van der Waals surface area contributed by atoms with Crippen molar-refractivity contribution in [2.24, 2.45) is 0 Å². The second-order valence-electron chi connectivity index (χ2n) is 7.19. The quantitative estimate of drug-likeness (QED) is 0.711. The Labute approximate surface area is 164 Å². The first-order chi connectivity index (χ1) is 13.9. The zero-order chi connectivity index (χ0) is 20.8. The topological polar surface area (TPSA) is 98.6 Å². The number of nitrogens with zero attached hydrogens (tertiary/aromatic N) is 2. The predicted molar refractivity (Wildman–Crippen MR) is 101 cm³/mol. The maximum atomic E-state index is 14.2. The van der Waals surface area contributed by atoms with Gasteiger partial charge in [-0.3, -0.25) is 14.6 Å². The fraction of sp³-hybridized carbons (Fsp3) is 0.238. The Bertz CT molecular complexity index is 1240. The van der Waals surface area contributed by atoms with Crippen molar-refractivity contribution in [1.82, 2.24) is 15.3 Å². The van der Waals surface area contributed by atoms with E-state index in [1.54, 1.807) is 19.1 Å². The number of pyridine rings is 2. The molecule has 1 saturated carbocycles. The standard InChI is InChI=1S/C21H16F2N4O2/c1-11(17-8-12(10-24)4-7-25-17)26-20(29)21(5-6-21)14-9-13-16(27-19(14)28)3-2-15(22)18(13)23/h2-4,7-9,11H,5-6H2,1H3,(H,26,29)(H,27,28). The number of carbonyl (C=O) groups is 1. The van der Waals surface area contributed by atoms with E-state index < -0.39 is 34.6 Å². The van der Waals surface area contributed by atoms with Crippen LogP contribution >= 0.6 is 0 Å². The lowest BCUT2D eigenvalue weighted by atomic mass is 9.94. The lowest BCUT2D eigenvalue weighted by Gasteiger charge is -2.20. The Hall–Kier alpha value is -3.60. The van der Waals surface area contributed by atoms with Gasteiger partial charge < -0.3 is 10.3 Å². The fourth-order valence-corrected chi connectivity index (χ4v) is 3.48. The summed E-state index contributed by atoms with van der Waals surface area (Å²) in [5, 5.41) is 11.8. The Kier molecular flexibility index (Phi) is 4.38. The van der Waals surface area contributed by atoms with Gasteiger partial charge in [0.2, 0.25) is 5.91 Å². The highest BCUT2D eigenvalue weighted by molar-refractivity contribution is 5.93. The number of hydrogen-bond acceptors (Lipinski definition) is 4. The molecule has 2 aromatic heterocycles. The smallest absolute Gasteiger partial charge is 0.252 e. The van der Waals surface area contributed by atoms with E-state index in [9.17, 15) is 18.4 Å². The van der Waals surface area contributed by atoms with Gasteiger partial charge in [0, 0.05) is 17.1 Å². The number of nitriles is 1. The molecule has 2 N–H and O–H groups in total. The average Bonchev–Trinajstić information content (AvgIpc) is 3.52. The number of carbonyl (C=O) groups excluding carboxylic acids is 1. The third kappa shape index (κ3) is 3.14. The molecule has 1 atom stereocenters. The molecule has 29 heavy (non-hydrogen) atoms. The van der Waals surface area contributed by atoms with E-state index in [1.165, 1.54) is 18.3 Å². The highest BCUT2D eigenvalue weighted by Crippen LogP contribution is 2.48. The Balaban J connectivity index is 1.67. The Morgan fingerprint density at radius 1 is 1.31 bits per heavy atom. The summed E-state index contributed by atoms with van der Waals surface area (Å²) in [6, 6.07) is 8.14. The van der Waals surface area contributed by atoms with Gasteiger partial charge in [0.1, 0.15) is 0 Å². The molecule has 3 aromatic rings. The molecule has 1 amide bonds. The van der Waals surface area contributed by atoms with Gasteiger partial charge in [-0.2, -0.15) is 5.26 Å². The number of amides is 1. The molecule has 1 aliphatic carbocycles. The lowest BCUT2D eigenvalue weighted by molar-refractivity contribution is -0.124. The molecular formula is C21H16F2N4O2. The van der Waals surface area contributed by atoms with Crippen LogP contribution in [0.2, 0.25) is 0 Å². The van der Waals surface area contributed by atoms with Gasteiger partial charge in [-0.25, -0.2) is 8.78 Å². The van der Waals surface area contributed by atoms with Gasteiger partial charge in [0.15, 0.2) is 11.6 Å². The molecule has 2 heterocycles. The molecule has 1 unspecified atom stereocenters. The van der Waals surface area contributed by atoms with E-state index in [4.69, 9.17) is 5.26 Å². The van der Waals surface area contributed by atoms with E-state index in [0.29, 0.717) is 24.1 Å². The largest absolute Gasteiger partial charge is 0.347 e. The van der Waals surface area contributed by atoms with Crippen LogP contribution < -0.4 is 10.9 Å². The van der Waals surface area contributed by atoms with E-state index >= 15 is 0 Å². The molecule has 146 valence electrons. The predicted octanol–water partition coefficient (Wildman–Crippen LogP) is 2.98. The molecule has 1 aromatic carbocycles. The van der Waals surface area contributed by atoms with Crippen molar-refractivity contribution in [2.75, 3.05) is 0 Å². The summed E-state index contributed by atoms with van der Waals surface area (Å²) in [5.41, 5.74) is -0.401. The number of fused-ring (bicyclic) bond motifs is 1. The first-order valence-electron chi connectivity index (χ1n) is 9.04. The minimum absolute atomic E-state index is 0.0740. The molecule has 6 nitrogen and oxygen atoms in total. The van der Waals surface area contributed by atoms with Crippen LogP contribution in [-0.4, -0.2) is 15.9 Å². The van der Waals surface area contributed by atoms with Crippen molar-refractivity contribution in [1.29, 1.82) is 5.26 Å². The second-order valence-corrected chi connectivity index (χ2v) is 7.19. The molecule has 1 aliphatic rings. The van der Waals surface area contributed by atoms with E-state index in [2.05, 4.69) is 15.3 Å².